The molecule has 0 fully saturated rings. The van der Waals surface area contributed by atoms with Crippen LogP contribution in [0.1, 0.15) is 15.9 Å². The average Bonchev–Trinajstić information content (AvgIpc) is 2.14. The lowest BCUT2D eigenvalue weighted by molar-refractivity contribution is -0.140. The summed E-state index contributed by atoms with van der Waals surface area (Å²) in [6, 6.07) is 2.69. The first-order valence-electron chi connectivity index (χ1n) is 4.77. The van der Waals surface area contributed by atoms with Gasteiger partial charge in [0.1, 0.15) is 5.82 Å². The largest absolute Gasteiger partial charge is 0.419 e. The summed E-state index contributed by atoms with van der Waals surface area (Å²) in [7, 11) is 3.15. The number of hydrogen-bond donors (Lipinski definition) is 0. The van der Waals surface area contributed by atoms with Crippen LogP contribution in [0.3, 0.4) is 0 Å². The fourth-order valence-corrected chi connectivity index (χ4v) is 1.34. The van der Waals surface area contributed by atoms with Gasteiger partial charge < -0.3 is 4.90 Å². The second-order valence-electron chi connectivity index (χ2n) is 3.83. The van der Waals surface area contributed by atoms with Crippen molar-refractivity contribution < 1.29 is 22.4 Å². The van der Waals surface area contributed by atoms with Crippen molar-refractivity contribution in [2.75, 3.05) is 20.6 Å². The maximum Gasteiger partial charge on any atom is 0.419 e. The Bertz CT molecular complexity index is 426. The molecule has 0 aliphatic rings. The summed E-state index contributed by atoms with van der Waals surface area (Å²) in [6.07, 6.45) is -4.79. The van der Waals surface area contributed by atoms with E-state index in [2.05, 4.69) is 0 Å². The molecule has 0 unspecified atom stereocenters. The minimum Gasteiger partial charge on any atom is -0.302 e. The summed E-state index contributed by atoms with van der Waals surface area (Å²) in [5, 5.41) is 0. The standard InChI is InChI=1S/C11H11F4NO/c1-16(2)6-9(17)7-4-3-5-8(10(7)12)11(13,14)15/h3-5H,6H2,1-2H3. The molecule has 0 amide bonds. The van der Waals surface area contributed by atoms with Gasteiger partial charge in [-0.25, -0.2) is 4.39 Å². The number of benzene rings is 1. The fourth-order valence-electron chi connectivity index (χ4n) is 1.34. The maximum atomic E-state index is 13.5. The van der Waals surface area contributed by atoms with Gasteiger partial charge in [-0.05, 0) is 26.2 Å². The summed E-state index contributed by atoms with van der Waals surface area (Å²) in [4.78, 5) is 13.0. The molecular weight excluding hydrogens is 238 g/mol. The van der Waals surface area contributed by atoms with Crippen molar-refractivity contribution in [3.8, 4) is 0 Å². The third-order valence-electron chi connectivity index (χ3n) is 2.06. The zero-order valence-corrected chi connectivity index (χ0v) is 9.31. The van der Waals surface area contributed by atoms with E-state index >= 15 is 0 Å². The highest BCUT2D eigenvalue weighted by Gasteiger charge is 2.35. The molecule has 0 N–H and O–H groups in total. The van der Waals surface area contributed by atoms with Gasteiger partial charge in [0.25, 0.3) is 0 Å². The van der Waals surface area contributed by atoms with Gasteiger partial charge in [0, 0.05) is 0 Å². The third kappa shape index (κ3) is 3.26. The quantitative estimate of drug-likeness (QED) is 0.606. The van der Waals surface area contributed by atoms with Crippen LogP contribution in [0.25, 0.3) is 0 Å². The Labute approximate surface area is 95.8 Å². The highest BCUT2D eigenvalue weighted by molar-refractivity contribution is 5.98. The van der Waals surface area contributed by atoms with Gasteiger partial charge in [0.2, 0.25) is 0 Å². The lowest BCUT2D eigenvalue weighted by atomic mass is 10.1. The van der Waals surface area contributed by atoms with Gasteiger partial charge in [-0.15, -0.1) is 0 Å². The first-order chi connectivity index (χ1) is 7.73. The number of hydrogen-bond acceptors (Lipinski definition) is 2. The predicted molar refractivity (Wildman–Crippen MR) is 54.3 cm³/mol. The van der Waals surface area contributed by atoms with Crippen LogP contribution in [0, 0.1) is 5.82 Å². The summed E-state index contributed by atoms with van der Waals surface area (Å²) in [6.45, 7) is -0.141. The van der Waals surface area contributed by atoms with E-state index in [9.17, 15) is 22.4 Å². The van der Waals surface area contributed by atoms with E-state index in [-0.39, 0.29) is 6.54 Å². The highest BCUT2D eigenvalue weighted by Crippen LogP contribution is 2.32. The predicted octanol–water partition coefficient (Wildman–Crippen LogP) is 2.59. The number of likely N-dealkylation sites (N-methyl/N-ethyl adjacent to an activating group) is 1. The number of rotatable bonds is 3. The zero-order valence-electron chi connectivity index (χ0n) is 9.31. The van der Waals surface area contributed by atoms with Crippen molar-refractivity contribution in [3.63, 3.8) is 0 Å². The van der Waals surface area contributed by atoms with Crippen molar-refractivity contribution >= 4 is 5.78 Å². The molecule has 0 radical (unpaired) electrons. The van der Waals surface area contributed by atoms with Crippen LogP contribution in [-0.2, 0) is 6.18 Å². The molecule has 0 saturated carbocycles. The van der Waals surface area contributed by atoms with E-state index in [1.807, 2.05) is 0 Å². The Morgan fingerprint density at radius 1 is 1.29 bits per heavy atom. The first kappa shape index (κ1) is 13.6. The van der Waals surface area contributed by atoms with E-state index in [1.165, 1.54) is 4.90 Å². The Hall–Kier alpha value is -1.43. The molecule has 1 aromatic rings. The third-order valence-corrected chi connectivity index (χ3v) is 2.06. The van der Waals surface area contributed by atoms with Crippen molar-refractivity contribution in [2.24, 2.45) is 0 Å². The number of carbonyl (C=O) groups is 1. The van der Waals surface area contributed by atoms with Crippen molar-refractivity contribution in [2.45, 2.75) is 6.18 Å². The number of Topliss-reactive ketones (excluding diaryl/α,β-unsaturated/α-hetero) is 1. The molecule has 0 spiro atoms. The summed E-state index contributed by atoms with van der Waals surface area (Å²) < 4.78 is 50.7. The maximum absolute atomic E-state index is 13.5. The van der Waals surface area contributed by atoms with E-state index in [0.29, 0.717) is 6.07 Å². The lowest BCUT2D eigenvalue weighted by Gasteiger charge is -2.12. The summed E-state index contributed by atoms with van der Waals surface area (Å²) in [5.74, 6) is -2.19. The second-order valence-corrected chi connectivity index (χ2v) is 3.83. The van der Waals surface area contributed by atoms with Crippen molar-refractivity contribution in [3.05, 3.63) is 35.1 Å². The fraction of sp³-hybridized carbons (Fsp3) is 0.364. The van der Waals surface area contributed by atoms with Crippen LogP contribution in [-0.4, -0.2) is 31.3 Å². The van der Waals surface area contributed by atoms with Gasteiger partial charge in [0.15, 0.2) is 5.78 Å². The Morgan fingerprint density at radius 3 is 2.35 bits per heavy atom. The molecule has 0 saturated heterocycles. The van der Waals surface area contributed by atoms with Crippen LogP contribution in [0.5, 0.6) is 0 Å². The normalized spacial score (nSPS) is 11.9. The molecule has 2 nitrogen and oxygen atoms in total. The van der Waals surface area contributed by atoms with Gasteiger partial charge in [0.05, 0.1) is 17.7 Å². The average molecular weight is 249 g/mol. The van der Waals surface area contributed by atoms with E-state index in [4.69, 9.17) is 0 Å². The summed E-state index contributed by atoms with van der Waals surface area (Å²) >= 11 is 0. The van der Waals surface area contributed by atoms with Crippen LogP contribution in [0.2, 0.25) is 0 Å². The van der Waals surface area contributed by atoms with E-state index in [0.717, 1.165) is 12.1 Å². The number of halogens is 4. The molecule has 17 heavy (non-hydrogen) atoms. The monoisotopic (exact) mass is 249 g/mol. The SMILES string of the molecule is CN(C)CC(=O)c1cccc(C(F)(F)F)c1F. The summed E-state index contributed by atoms with van der Waals surface area (Å²) in [5.41, 5.74) is -1.95. The molecule has 6 heteroatoms. The molecule has 0 aliphatic heterocycles. The minimum atomic E-state index is -4.79. The number of carbonyl (C=O) groups excluding carboxylic acids is 1. The van der Waals surface area contributed by atoms with Crippen LogP contribution in [0.4, 0.5) is 17.6 Å². The number of alkyl halides is 3. The smallest absolute Gasteiger partial charge is 0.302 e. The Balaban J connectivity index is 3.15. The molecule has 0 aromatic heterocycles. The highest BCUT2D eigenvalue weighted by atomic mass is 19.4. The van der Waals surface area contributed by atoms with E-state index in [1.54, 1.807) is 14.1 Å². The minimum absolute atomic E-state index is 0.141. The van der Waals surface area contributed by atoms with Gasteiger partial charge in [-0.2, -0.15) is 13.2 Å². The Kier molecular flexibility index (Phi) is 3.87. The molecule has 0 aliphatic carbocycles. The Morgan fingerprint density at radius 2 is 1.88 bits per heavy atom. The second kappa shape index (κ2) is 4.83. The number of nitrogens with zero attached hydrogens (tertiary/aromatic N) is 1. The molecular formula is C11H11F4NO. The zero-order chi connectivity index (χ0) is 13.2. The van der Waals surface area contributed by atoms with Gasteiger partial charge >= 0.3 is 6.18 Å². The molecule has 0 bridgehead atoms. The first-order valence-corrected chi connectivity index (χ1v) is 4.77. The van der Waals surface area contributed by atoms with Crippen molar-refractivity contribution in [1.82, 2.24) is 4.90 Å². The molecule has 0 heterocycles. The van der Waals surface area contributed by atoms with E-state index < -0.39 is 28.9 Å². The lowest BCUT2D eigenvalue weighted by Crippen LogP contribution is -2.23. The molecule has 94 valence electrons. The van der Waals surface area contributed by atoms with Gasteiger partial charge in [-0.3, -0.25) is 4.79 Å². The molecule has 1 aromatic carbocycles. The van der Waals surface area contributed by atoms with Crippen LogP contribution < -0.4 is 0 Å². The topological polar surface area (TPSA) is 20.3 Å². The number of ketones is 1. The molecule has 1 rings (SSSR count). The molecule has 0 atom stereocenters. The van der Waals surface area contributed by atoms with Crippen LogP contribution >= 0.6 is 0 Å². The van der Waals surface area contributed by atoms with Gasteiger partial charge in [-0.1, -0.05) is 6.07 Å². The van der Waals surface area contributed by atoms with Crippen molar-refractivity contribution in [1.29, 1.82) is 0 Å². The van der Waals surface area contributed by atoms with Crippen LogP contribution in [0.15, 0.2) is 18.2 Å².